The first-order valence-electron chi connectivity index (χ1n) is 11.2. The molecule has 0 saturated heterocycles. The van der Waals surface area contributed by atoms with Crippen LogP contribution >= 0.6 is 11.6 Å². The van der Waals surface area contributed by atoms with Gasteiger partial charge in [-0.05, 0) is 29.7 Å². The van der Waals surface area contributed by atoms with Crippen LogP contribution in [0.15, 0.2) is 30.3 Å². The molecule has 2 aromatic carbocycles. The number of aromatic nitrogens is 1. The number of carbonyl (C=O) groups excluding carboxylic acids is 2. The second-order valence-corrected chi connectivity index (χ2v) is 8.99. The van der Waals surface area contributed by atoms with E-state index in [0.717, 1.165) is 46.1 Å². The molecule has 1 aromatic heterocycles. The maximum Gasteiger partial charge on any atom is 0.309 e. The molecule has 0 bridgehead atoms. The first kappa shape index (κ1) is 23.2. The van der Waals surface area contributed by atoms with E-state index in [1.807, 2.05) is 38.1 Å². The van der Waals surface area contributed by atoms with Crippen molar-refractivity contribution in [3.05, 3.63) is 57.7 Å². The predicted octanol–water partition coefficient (Wildman–Crippen LogP) is 5.58. The van der Waals surface area contributed by atoms with Crippen LogP contribution in [0.25, 0.3) is 10.9 Å². The smallest absolute Gasteiger partial charge is 0.309 e. The first-order valence-corrected chi connectivity index (χ1v) is 11.5. The standard InChI is InChI=1S/C26H28ClNO5/c1-5-6-20-25(26(30)15(2)3)18-8-7-16(10-24(29)31-4)9-21(18)28(20)13-17-11-22-23(12-19(17)27)33-14-32-22/h7-9,11-12,15H,5-6,10,13-14H2,1-4H3. The average molecular weight is 470 g/mol. The SMILES string of the molecule is CCCc1c(C(=O)C(C)C)c2ccc(CC(=O)OC)cc2n1Cc1cc2c(cc1Cl)OCO2. The predicted molar refractivity (Wildman–Crippen MR) is 127 cm³/mol. The summed E-state index contributed by atoms with van der Waals surface area (Å²) in [6.07, 6.45) is 1.80. The van der Waals surface area contributed by atoms with Gasteiger partial charge in [-0.1, -0.05) is 50.9 Å². The zero-order valence-electron chi connectivity index (χ0n) is 19.4. The topological polar surface area (TPSA) is 66.8 Å². The van der Waals surface area contributed by atoms with Gasteiger partial charge in [0.1, 0.15) is 0 Å². The summed E-state index contributed by atoms with van der Waals surface area (Å²) in [5, 5.41) is 1.47. The van der Waals surface area contributed by atoms with E-state index in [1.54, 1.807) is 6.07 Å². The van der Waals surface area contributed by atoms with E-state index in [1.165, 1.54) is 7.11 Å². The van der Waals surface area contributed by atoms with Crippen molar-refractivity contribution in [2.24, 2.45) is 5.92 Å². The number of methoxy groups -OCH3 is 1. The summed E-state index contributed by atoms with van der Waals surface area (Å²) >= 11 is 6.60. The zero-order chi connectivity index (χ0) is 23.7. The van der Waals surface area contributed by atoms with E-state index in [0.29, 0.717) is 23.1 Å². The maximum absolute atomic E-state index is 13.3. The Labute approximate surface area is 198 Å². The number of esters is 1. The fraction of sp³-hybridized carbons (Fsp3) is 0.385. The molecule has 0 radical (unpaired) electrons. The van der Waals surface area contributed by atoms with Gasteiger partial charge in [0.2, 0.25) is 6.79 Å². The number of rotatable bonds is 8. The van der Waals surface area contributed by atoms with Crippen LogP contribution in [0.4, 0.5) is 0 Å². The maximum atomic E-state index is 13.3. The minimum absolute atomic E-state index is 0.111. The van der Waals surface area contributed by atoms with Crippen molar-refractivity contribution in [2.45, 2.75) is 46.6 Å². The van der Waals surface area contributed by atoms with Gasteiger partial charge in [-0.2, -0.15) is 0 Å². The fourth-order valence-corrected chi connectivity index (χ4v) is 4.50. The Morgan fingerprint density at radius 1 is 1.15 bits per heavy atom. The molecule has 6 nitrogen and oxygen atoms in total. The summed E-state index contributed by atoms with van der Waals surface area (Å²) < 4.78 is 18.0. The fourth-order valence-electron chi connectivity index (χ4n) is 4.29. The van der Waals surface area contributed by atoms with E-state index < -0.39 is 0 Å². The van der Waals surface area contributed by atoms with Gasteiger partial charge >= 0.3 is 5.97 Å². The molecule has 0 fully saturated rings. The Hall–Kier alpha value is -2.99. The van der Waals surface area contributed by atoms with Crippen molar-refractivity contribution >= 4 is 34.3 Å². The third-order valence-electron chi connectivity index (χ3n) is 5.94. The van der Waals surface area contributed by atoms with Crippen LogP contribution in [0, 0.1) is 5.92 Å². The minimum Gasteiger partial charge on any atom is -0.469 e. The molecule has 0 saturated carbocycles. The number of ketones is 1. The molecule has 0 spiro atoms. The van der Waals surface area contributed by atoms with Gasteiger partial charge in [-0.3, -0.25) is 9.59 Å². The van der Waals surface area contributed by atoms with E-state index in [9.17, 15) is 9.59 Å². The molecule has 33 heavy (non-hydrogen) atoms. The summed E-state index contributed by atoms with van der Waals surface area (Å²) in [7, 11) is 1.38. The lowest BCUT2D eigenvalue weighted by atomic mass is 9.96. The van der Waals surface area contributed by atoms with Crippen LogP contribution in [0.2, 0.25) is 5.02 Å². The van der Waals surface area contributed by atoms with E-state index in [2.05, 4.69) is 11.5 Å². The molecule has 4 rings (SSSR count). The van der Waals surface area contributed by atoms with Gasteiger partial charge in [0, 0.05) is 45.7 Å². The van der Waals surface area contributed by atoms with Crippen LogP contribution in [0.3, 0.4) is 0 Å². The lowest BCUT2D eigenvalue weighted by Crippen LogP contribution is -2.12. The molecular formula is C26H28ClNO5. The summed E-state index contributed by atoms with van der Waals surface area (Å²) in [6.45, 7) is 6.58. The van der Waals surface area contributed by atoms with Gasteiger partial charge in [0.15, 0.2) is 17.3 Å². The summed E-state index contributed by atoms with van der Waals surface area (Å²) in [4.78, 5) is 25.2. The Morgan fingerprint density at radius 3 is 2.55 bits per heavy atom. The van der Waals surface area contributed by atoms with Crippen molar-refractivity contribution in [3.8, 4) is 11.5 Å². The van der Waals surface area contributed by atoms with Crippen LogP contribution < -0.4 is 9.47 Å². The van der Waals surface area contributed by atoms with E-state index >= 15 is 0 Å². The second-order valence-electron chi connectivity index (χ2n) is 8.58. The minimum atomic E-state index is -0.307. The van der Waals surface area contributed by atoms with Gasteiger partial charge in [0.25, 0.3) is 0 Å². The number of benzene rings is 2. The molecule has 0 unspecified atom stereocenters. The third-order valence-corrected chi connectivity index (χ3v) is 6.29. The summed E-state index contributed by atoms with van der Waals surface area (Å²) in [5.74, 6) is 0.959. The van der Waals surface area contributed by atoms with Crippen LogP contribution in [-0.4, -0.2) is 30.2 Å². The molecule has 0 N–H and O–H groups in total. The molecule has 174 valence electrons. The van der Waals surface area contributed by atoms with Crippen molar-refractivity contribution in [1.29, 1.82) is 0 Å². The molecule has 3 aromatic rings. The molecule has 1 aliphatic heterocycles. The van der Waals surface area contributed by atoms with Crippen LogP contribution in [0.5, 0.6) is 11.5 Å². The van der Waals surface area contributed by atoms with E-state index in [-0.39, 0.29) is 30.9 Å². The number of nitrogens with zero attached hydrogens (tertiary/aromatic N) is 1. The monoisotopic (exact) mass is 469 g/mol. The summed E-state index contributed by atoms with van der Waals surface area (Å²) in [5.41, 5.74) is 4.34. The molecule has 2 heterocycles. The van der Waals surface area contributed by atoms with Crippen molar-refractivity contribution in [1.82, 2.24) is 4.57 Å². The third kappa shape index (κ3) is 4.44. The Balaban J connectivity index is 1.91. The largest absolute Gasteiger partial charge is 0.469 e. The Kier molecular flexibility index (Phi) is 6.66. The molecule has 1 aliphatic rings. The van der Waals surface area contributed by atoms with Gasteiger partial charge in [-0.25, -0.2) is 0 Å². The van der Waals surface area contributed by atoms with Crippen LogP contribution in [0.1, 0.15) is 54.4 Å². The highest BCUT2D eigenvalue weighted by Crippen LogP contribution is 2.38. The summed E-state index contributed by atoms with van der Waals surface area (Å²) in [6, 6.07) is 9.48. The highest BCUT2D eigenvalue weighted by molar-refractivity contribution is 6.31. The van der Waals surface area contributed by atoms with Crippen molar-refractivity contribution < 1.29 is 23.8 Å². The number of ether oxygens (including phenoxy) is 3. The van der Waals surface area contributed by atoms with Crippen LogP contribution in [-0.2, 0) is 28.9 Å². The van der Waals surface area contributed by atoms with E-state index in [4.69, 9.17) is 25.8 Å². The second kappa shape index (κ2) is 9.48. The average Bonchev–Trinajstić information content (AvgIpc) is 3.35. The number of hydrogen-bond donors (Lipinski definition) is 0. The Bertz CT molecular complexity index is 1230. The molecular weight excluding hydrogens is 442 g/mol. The Morgan fingerprint density at radius 2 is 1.88 bits per heavy atom. The number of Topliss-reactive ketones (excluding diaryl/α,β-unsaturated/α-hetero) is 1. The molecule has 0 aliphatic carbocycles. The number of halogens is 1. The lowest BCUT2D eigenvalue weighted by Gasteiger charge is -2.14. The van der Waals surface area contributed by atoms with Gasteiger partial charge in [-0.15, -0.1) is 0 Å². The molecule has 0 amide bonds. The zero-order valence-corrected chi connectivity index (χ0v) is 20.1. The van der Waals surface area contributed by atoms with Gasteiger partial charge < -0.3 is 18.8 Å². The lowest BCUT2D eigenvalue weighted by molar-refractivity contribution is -0.139. The number of hydrogen-bond acceptors (Lipinski definition) is 5. The number of carbonyl (C=O) groups is 2. The van der Waals surface area contributed by atoms with Crippen molar-refractivity contribution in [2.75, 3.05) is 13.9 Å². The molecule has 0 atom stereocenters. The quantitative estimate of drug-likeness (QED) is 0.318. The normalized spacial score (nSPS) is 12.5. The highest BCUT2D eigenvalue weighted by Gasteiger charge is 2.25. The highest BCUT2D eigenvalue weighted by atomic mass is 35.5. The first-order chi connectivity index (χ1) is 15.8. The number of fused-ring (bicyclic) bond motifs is 2. The van der Waals surface area contributed by atoms with Crippen molar-refractivity contribution in [3.63, 3.8) is 0 Å². The molecule has 7 heteroatoms. The van der Waals surface area contributed by atoms with Gasteiger partial charge in [0.05, 0.1) is 13.5 Å².